The fourth-order valence-corrected chi connectivity index (χ4v) is 4.58. The van der Waals surface area contributed by atoms with Crippen LogP contribution in [0.25, 0.3) is 11.5 Å². The predicted molar refractivity (Wildman–Crippen MR) is 111 cm³/mol. The highest BCUT2D eigenvalue weighted by molar-refractivity contribution is 5.74. The molecule has 1 spiro atoms. The molecule has 29 heavy (non-hydrogen) atoms. The molecule has 1 aromatic heterocycles. The van der Waals surface area contributed by atoms with Gasteiger partial charge in [-0.1, -0.05) is 37.2 Å². The van der Waals surface area contributed by atoms with Crippen LogP contribution in [0.1, 0.15) is 45.0 Å². The maximum Gasteiger partial charge on any atom is 0.317 e. The number of piperidine rings is 1. The van der Waals surface area contributed by atoms with Gasteiger partial charge in [0.2, 0.25) is 0 Å². The molecule has 0 bridgehead atoms. The summed E-state index contributed by atoms with van der Waals surface area (Å²) in [4.78, 5) is 21.3. The summed E-state index contributed by atoms with van der Waals surface area (Å²) in [5.74, 6) is 1.81. The van der Waals surface area contributed by atoms with Crippen LogP contribution in [0.15, 0.2) is 34.9 Å². The summed E-state index contributed by atoms with van der Waals surface area (Å²) < 4.78 is 5.53. The van der Waals surface area contributed by atoms with Gasteiger partial charge in [0.25, 0.3) is 5.89 Å². The average molecular weight is 398 g/mol. The van der Waals surface area contributed by atoms with Gasteiger partial charge in [-0.3, -0.25) is 4.90 Å². The molecule has 4 rings (SSSR count). The Morgan fingerprint density at radius 2 is 2.00 bits per heavy atom. The van der Waals surface area contributed by atoms with Crippen molar-refractivity contribution in [3.63, 3.8) is 0 Å². The quantitative estimate of drug-likeness (QED) is 0.854. The topological polar surface area (TPSA) is 74.5 Å². The minimum Gasteiger partial charge on any atom is -0.338 e. The number of likely N-dealkylation sites (tertiary alicyclic amines) is 2. The van der Waals surface area contributed by atoms with Gasteiger partial charge >= 0.3 is 6.03 Å². The summed E-state index contributed by atoms with van der Waals surface area (Å²) in [5.41, 5.74) is 1.17. The van der Waals surface area contributed by atoms with Crippen LogP contribution < -0.4 is 5.32 Å². The zero-order chi connectivity index (χ0) is 20.4. The highest BCUT2D eigenvalue weighted by Gasteiger charge is 2.46. The Labute approximate surface area is 172 Å². The van der Waals surface area contributed by atoms with E-state index in [0.29, 0.717) is 11.8 Å². The number of benzene rings is 1. The highest BCUT2D eigenvalue weighted by atomic mass is 16.5. The highest BCUT2D eigenvalue weighted by Crippen LogP contribution is 2.47. The number of aromatic nitrogens is 2. The minimum atomic E-state index is 0.0714. The minimum absolute atomic E-state index is 0.0714. The molecule has 156 valence electrons. The zero-order valence-electron chi connectivity index (χ0n) is 17.6. The molecule has 2 aliphatic rings. The van der Waals surface area contributed by atoms with E-state index in [9.17, 15) is 4.79 Å². The van der Waals surface area contributed by atoms with Crippen LogP contribution in [0.2, 0.25) is 0 Å². The molecule has 1 unspecified atom stereocenters. The van der Waals surface area contributed by atoms with Gasteiger partial charge in [-0.05, 0) is 49.8 Å². The third-order valence-corrected chi connectivity index (χ3v) is 6.28. The van der Waals surface area contributed by atoms with Crippen LogP contribution >= 0.6 is 0 Å². The third kappa shape index (κ3) is 4.29. The lowest BCUT2D eigenvalue weighted by Gasteiger charge is -2.39. The van der Waals surface area contributed by atoms with E-state index in [2.05, 4.69) is 41.3 Å². The van der Waals surface area contributed by atoms with E-state index in [1.807, 2.05) is 35.2 Å². The van der Waals surface area contributed by atoms with Crippen molar-refractivity contribution in [3.8, 4) is 11.5 Å². The van der Waals surface area contributed by atoms with Gasteiger partial charge in [-0.25, -0.2) is 4.79 Å². The molecule has 7 heteroatoms. The molecule has 0 saturated carbocycles. The van der Waals surface area contributed by atoms with E-state index in [0.717, 1.165) is 56.8 Å². The van der Waals surface area contributed by atoms with Gasteiger partial charge in [0.1, 0.15) is 0 Å². The van der Waals surface area contributed by atoms with Crippen molar-refractivity contribution >= 4 is 6.03 Å². The van der Waals surface area contributed by atoms with Crippen molar-refractivity contribution in [2.45, 2.75) is 39.2 Å². The number of carbonyl (C=O) groups is 1. The largest absolute Gasteiger partial charge is 0.338 e. The molecule has 1 atom stereocenters. The lowest BCUT2D eigenvalue weighted by Crippen LogP contribution is -2.48. The third-order valence-electron chi connectivity index (χ3n) is 6.28. The molecule has 0 radical (unpaired) electrons. The summed E-state index contributed by atoms with van der Waals surface area (Å²) >= 11 is 0. The van der Waals surface area contributed by atoms with E-state index < -0.39 is 0 Å². The first-order valence-electron chi connectivity index (χ1n) is 10.6. The van der Waals surface area contributed by atoms with Crippen molar-refractivity contribution in [1.82, 2.24) is 25.3 Å². The number of urea groups is 1. The Bertz CT molecular complexity index is 827. The van der Waals surface area contributed by atoms with Crippen LogP contribution in [-0.2, 0) is 0 Å². The summed E-state index contributed by atoms with van der Waals surface area (Å²) in [6.07, 6.45) is 3.05. The molecule has 7 nitrogen and oxygen atoms in total. The number of carbonyl (C=O) groups excluding carboxylic acids is 1. The molecule has 2 amide bonds. The van der Waals surface area contributed by atoms with Gasteiger partial charge in [-0.2, -0.15) is 4.98 Å². The van der Waals surface area contributed by atoms with Crippen LogP contribution in [0, 0.1) is 11.3 Å². The van der Waals surface area contributed by atoms with Gasteiger partial charge in [0.05, 0.1) is 6.04 Å². The molecule has 2 aromatic rings. The van der Waals surface area contributed by atoms with E-state index in [1.54, 1.807) is 0 Å². The zero-order valence-corrected chi connectivity index (χ0v) is 17.6. The van der Waals surface area contributed by atoms with Gasteiger partial charge in [0.15, 0.2) is 5.82 Å². The fourth-order valence-electron chi connectivity index (χ4n) is 4.58. The Morgan fingerprint density at radius 3 is 2.69 bits per heavy atom. The molecule has 1 aromatic carbocycles. The second-order valence-corrected chi connectivity index (χ2v) is 9.03. The van der Waals surface area contributed by atoms with E-state index in [4.69, 9.17) is 4.52 Å². The molecular formula is C22H31N5O2. The lowest BCUT2D eigenvalue weighted by atomic mass is 9.76. The molecule has 2 aliphatic heterocycles. The summed E-state index contributed by atoms with van der Waals surface area (Å²) in [6.45, 7) is 7.58. The van der Waals surface area contributed by atoms with E-state index >= 15 is 0 Å². The number of nitrogens with zero attached hydrogens (tertiary/aromatic N) is 4. The number of hydrogen-bond acceptors (Lipinski definition) is 5. The number of nitrogens with one attached hydrogen (secondary N) is 1. The summed E-state index contributed by atoms with van der Waals surface area (Å²) in [6, 6.07) is 10.1. The lowest BCUT2D eigenvalue weighted by molar-refractivity contribution is 0.121. The van der Waals surface area contributed by atoms with Crippen LogP contribution in [0.3, 0.4) is 0 Å². The van der Waals surface area contributed by atoms with Gasteiger partial charge in [0, 0.05) is 31.7 Å². The van der Waals surface area contributed by atoms with Crippen molar-refractivity contribution in [3.05, 3.63) is 36.2 Å². The summed E-state index contributed by atoms with van der Waals surface area (Å²) in [7, 11) is 2.14. The normalized spacial score (nSPS) is 21.8. The number of hydrogen-bond donors (Lipinski definition) is 1. The van der Waals surface area contributed by atoms with E-state index in [-0.39, 0.29) is 17.5 Å². The maximum atomic E-state index is 12.4. The first-order valence-corrected chi connectivity index (χ1v) is 10.6. The molecule has 3 heterocycles. The Hall–Kier alpha value is -2.41. The van der Waals surface area contributed by atoms with Crippen LogP contribution in [-0.4, -0.2) is 59.2 Å². The van der Waals surface area contributed by atoms with Crippen molar-refractivity contribution < 1.29 is 9.32 Å². The van der Waals surface area contributed by atoms with Crippen LogP contribution in [0.5, 0.6) is 0 Å². The second-order valence-electron chi connectivity index (χ2n) is 9.03. The average Bonchev–Trinajstić information content (AvgIpc) is 3.32. The Balaban J connectivity index is 1.38. The second kappa shape index (κ2) is 8.14. The molecule has 1 N–H and O–H groups in total. The van der Waals surface area contributed by atoms with Gasteiger partial charge in [-0.15, -0.1) is 0 Å². The van der Waals surface area contributed by atoms with Crippen molar-refractivity contribution in [2.24, 2.45) is 11.3 Å². The van der Waals surface area contributed by atoms with Crippen molar-refractivity contribution in [2.75, 3.05) is 33.2 Å². The Morgan fingerprint density at radius 1 is 1.28 bits per heavy atom. The Kier molecular flexibility index (Phi) is 5.58. The molecular weight excluding hydrogens is 366 g/mol. The van der Waals surface area contributed by atoms with E-state index in [1.165, 1.54) is 0 Å². The fraction of sp³-hybridized carbons (Fsp3) is 0.591. The van der Waals surface area contributed by atoms with Gasteiger partial charge < -0.3 is 14.7 Å². The standard InChI is InChI=1S/C22H31N5O2/c1-16(2)14-23-21(28)27-11-9-22(10-12-27)13-18(26(3)15-22)19-24-20(29-25-19)17-7-5-4-6-8-17/h4-8,16,18H,9-15H2,1-3H3,(H,23,28). The molecule has 2 fully saturated rings. The van der Waals surface area contributed by atoms with Crippen LogP contribution in [0.4, 0.5) is 4.79 Å². The predicted octanol–water partition coefficient (Wildman–Crippen LogP) is 3.56. The monoisotopic (exact) mass is 397 g/mol. The maximum absolute atomic E-state index is 12.4. The number of amides is 2. The number of rotatable bonds is 4. The molecule has 2 saturated heterocycles. The first kappa shape index (κ1) is 19.9. The first-order chi connectivity index (χ1) is 14.0. The smallest absolute Gasteiger partial charge is 0.317 e. The van der Waals surface area contributed by atoms with Crippen molar-refractivity contribution in [1.29, 1.82) is 0 Å². The summed E-state index contributed by atoms with van der Waals surface area (Å²) in [5, 5.41) is 7.32. The SMILES string of the molecule is CC(C)CNC(=O)N1CCC2(CC1)CC(c1noc(-c3ccccc3)n1)N(C)C2. The molecule has 0 aliphatic carbocycles.